The molecule has 0 aromatic rings. The molecular formula is C14H30N6P2S2. The topological polar surface area (TPSA) is 36.1 Å². The van der Waals surface area contributed by atoms with E-state index < -0.39 is 13.0 Å². The van der Waals surface area contributed by atoms with Gasteiger partial charge in [-0.2, -0.15) is 0 Å². The van der Waals surface area contributed by atoms with E-state index in [4.69, 9.17) is 23.6 Å². The average Bonchev–Trinajstić information content (AvgIpc) is 3.36. The van der Waals surface area contributed by atoms with Crippen molar-refractivity contribution in [1.82, 2.24) is 28.9 Å². The Kier molecular flexibility index (Phi) is 5.83. The largest absolute Gasteiger partial charge is 0.265 e. The van der Waals surface area contributed by atoms with Crippen molar-refractivity contribution in [3.63, 3.8) is 0 Å². The van der Waals surface area contributed by atoms with Crippen LogP contribution in [0.1, 0.15) is 25.7 Å². The molecule has 138 valence electrons. The fourth-order valence-electron chi connectivity index (χ4n) is 3.07. The molecule has 0 bridgehead atoms. The Morgan fingerprint density at radius 3 is 1.08 bits per heavy atom. The van der Waals surface area contributed by atoms with E-state index in [-0.39, 0.29) is 0 Å². The van der Waals surface area contributed by atoms with E-state index in [1.165, 1.54) is 78.0 Å². The molecule has 0 saturated carbocycles. The van der Waals surface area contributed by atoms with Crippen molar-refractivity contribution >= 4 is 36.6 Å². The predicted molar refractivity (Wildman–Crippen MR) is 109 cm³/mol. The Balaban J connectivity index is 1.06. The van der Waals surface area contributed by atoms with Gasteiger partial charge in [0, 0.05) is 65.4 Å². The first-order chi connectivity index (χ1) is 11.6. The molecule has 24 heavy (non-hydrogen) atoms. The van der Waals surface area contributed by atoms with Gasteiger partial charge in [-0.15, -0.1) is 0 Å². The summed E-state index contributed by atoms with van der Waals surface area (Å²) in [4.78, 5) is 0. The van der Waals surface area contributed by atoms with E-state index in [9.17, 15) is 0 Å². The predicted octanol–water partition coefficient (Wildman–Crippen LogP) is 1.44. The molecule has 4 aliphatic rings. The summed E-state index contributed by atoms with van der Waals surface area (Å²) in [7, 11) is 0. The first kappa shape index (κ1) is 18.4. The summed E-state index contributed by atoms with van der Waals surface area (Å²) in [5, 5.41) is 7.44. The summed E-state index contributed by atoms with van der Waals surface area (Å²) in [5.74, 6) is 0. The smallest absolute Gasteiger partial charge is 0.143 e. The second kappa shape index (κ2) is 7.59. The van der Waals surface area contributed by atoms with E-state index in [0.717, 1.165) is 13.1 Å². The van der Waals surface area contributed by atoms with Gasteiger partial charge in [-0.3, -0.25) is 10.2 Å². The lowest BCUT2D eigenvalue weighted by molar-refractivity contribution is 0.615. The Labute approximate surface area is 156 Å². The monoisotopic (exact) mass is 408 g/mol. The summed E-state index contributed by atoms with van der Waals surface area (Å²) >= 11 is 11.8. The van der Waals surface area contributed by atoms with Crippen molar-refractivity contribution in [2.24, 2.45) is 0 Å². The number of hydrogen-bond acceptors (Lipinski definition) is 2. The first-order valence-electron chi connectivity index (χ1n) is 9.35. The van der Waals surface area contributed by atoms with Gasteiger partial charge in [-0.05, 0) is 36.5 Å². The minimum absolute atomic E-state index is 1.08. The van der Waals surface area contributed by atoms with Gasteiger partial charge in [-0.1, -0.05) is 12.8 Å². The molecule has 0 radical (unpaired) electrons. The van der Waals surface area contributed by atoms with E-state index in [1.807, 2.05) is 0 Å². The first-order valence-corrected chi connectivity index (χ1v) is 14.8. The maximum Gasteiger partial charge on any atom is 0.143 e. The lowest BCUT2D eigenvalue weighted by atomic mass is 10.2. The van der Waals surface area contributed by atoms with Crippen molar-refractivity contribution in [1.29, 1.82) is 0 Å². The lowest BCUT2D eigenvalue weighted by Crippen LogP contribution is -2.22. The molecule has 4 fully saturated rings. The van der Waals surface area contributed by atoms with Crippen LogP contribution in [0.25, 0.3) is 0 Å². The zero-order valence-electron chi connectivity index (χ0n) is 14.4. The van der Waals surface area contributed by atoms with Crippen LogP contribution in [0.2, 0.25) is 0 Å². The van der Waals surface area contributed by atoms with Crippen LogP contribution >= 0.6 is 13.0 Å². The summed E-state index contributed by atoms with van der Waals surface area (Å²) in [5.41, 5.74) is 0. The molecular weight excluding hydrogens is 378 g/mol. The zero-order chi connectivity index (χ0) is 16.6. The summed E-state index contributed by atoms with van der Waals surface area (Å²) < 4.78 is 9.86. The SMILES string of the molecule is S=P(NCCCCCCNP(=S)(N1CC1)N1CC1)(N1CC1)N1CC1. The zero-order valence-corrected chi connectivity index (χ0v) is 17.8. The Morgan fingerprint density at radius 1 is 0.542 bits per heavy atom. The molecule has 10 heteroatoms. The summed E-state index contributed by atoms with van der Waals surface area (Å²) in [6.45, 7) is 8.74. The number of rotatable bonds is 13. The summed E-state index contributed by atoms with van der Waals surface area (Å²) in [6.07, 6.45) is 5.07. The van der Waals surface area contributed by atoms with Crippen molar-refractivity contribution in [2.45, 2.75) is 25.7 Å². The van der Waals surface area contributed by atoms with Crippen molar-refractivity contribution in [3.8, 4) is 0 Å². The second-order valence-corrected chi connectivity index (χ2v) is 15.3. The highest BCUT2D eigenvalue weighted by Gasteiger charge is 2.44. The molecule has 0 aliphatic carbocycles. The molecule has 4 aliphatic heterocycles. The third kappa shape index (κ3) is 4.48. The molecule has 0 aromatic carbocycles. The van der Waals surface area contributed by atoms with Crippen LogP contribution in [-0.2, 0) is 23.6 Å². The molecule has 0 amide bonds. The minimum Gasteiger partial charge on any atom is -0.265 e. The van der Waals surface area contributed by atoms with Crippen LogP contribution < -0.4 is 10.2 Å². The molecule has 2 N–H and O–H groups in total. The molecule has 4 heterocycles. The number of nitrogens with zero attached hydrogens (tertiary/aromatic N) is 4. The van der Waals surface area contributed by atoms with Gasteiger partial charge >= 0.3 is 0 Å². The molecule has 4 saturated heterocycles. The van der Waals surface area contributed by atoms with Gasteiger partial charge in [0.15, 0.2) is 0 Å². The quantitative estimate of drug-likeness (QED) is 0.269. The number of nitrogens with one attached hydrogen (secondary N) is 2. The summed E-state index contributed by atoms with van der Waals surface area (Å²) in [6, 6.07) is 0. The van der Waals surface area contributed by atoms with Gasteiger partial charge in [-0.25, -0.2) is 18.7 Å². The van der Waals surface area contributed by atoms with Gasteiger partial charge in [0.25, 0.3) is 0 Å². The molecule has 0 spiro atoms. The maximum atomic E-state index is 5.92. The molecule has 4 rings (SSSR count). The van der Waals surface area contributed by atoms with Crippen LogP contribution in [0.15, 0.2) is 0 Å². The molecule has 0 unspecified atom stereocenters. The van der Waals surface area contributed by atoms with E-state index in [2.05, 4.69) is 28.9 Å². The van der Waals surface area contributed by atoms with Crippen LogP contribution in [0.4, 0.5) is 0 Å². The second-order valence-electron chi connectivity index (χ2n) is 7.13. The highest BCUT2D eigenvalue weighted by atomic mass is 32.5. The van der Waals surface area contributed by atoms with Gasteiger partial charge < -0.3 is 0 Å². The average molecular weight is 409 g/mol. The maximum absolute atomic E-state index is 5.92. The van der Waals surface area contributed by atoms with Crippen LogP contribution in [0, 0.1) is 0 Å². The van der Waals surface area contributed by atoms with Crippen LogP contribution in [0.5, 0.6) is 0 Å². The van der Waals surface area contributed by atoms with Gasteiger partial charge in [0.2, 0.25) is 0 Å². The molecule has 0 aromatic heterocycles. The van der Waals surface area contributed by atoms with E-state index in [1.54, 1.807) is 0 Å². The third-order valence-electron chi connectivity index (χ3n) is 4.97. The molecule has 0 atom stereocenters. The fourth-order valence-corrected chi connectivity index (χ4v) is 10.5. The number of unbranched alkanes of at least 4 members (excludes halogenated alkanes) is 3. The van der Waals surface area contributed by atoms with Crippen LogP contribution in [-0.4, -0.2) is 84.1 Å². The Hall–Kier alpha value is 1.06. The van der Waals surface area contributed by atoms with Gasteiger partial charge in [0.05, 0.1) is 0 Å². The van der Waals surface area contributed by atoms with Gasteiger partial charge in [0.1, 0.15) is 13.0 Å². The lowest BCUT2D eigenvalue weighted by Gasteiger charge is -2.26. The highest BCUT2D eigenvalue weighted by molar-refractivity contribution is 8.11. The van der Waals surface area contributed by atoms with E-state index in [0.29, 0.717) is 0 Å². The third-order valence-corrected chi connectivity index (χ3v) is 14.5. The standard InChI is InChI=1S/C14H30N6P2S2/c23-21(17-7-8-17,18-9-10-18)15-5-3-1-2-4-6-16-22(24,19-11-12-19)20-13-14-20/h1-14H2,(H,15,23)(H,16,24). The van der Waals surface area contributed by atoms with Crippen LogP contribution in [0.3, 0.4) is 0 Å². The molecule has 6 nitrogen and oxygen atoms in total. The highest BCUT2D eigenvalue weighted by Crippen LogP contribution is 2.57. The number of hydrogen-bond donors (Lipinski definition) is 2. The Morgan fingerprint density at radius 2 is 0.833 bits per heavy atom. The normalized spacial score (nSPS) is 25.2. The van der Waals surface area contributed by atoms with E-state index >= 15 is 0 Å². The van der Waals surface area contributed by atoms with Crippen molar-refractivity contribution in [3.05, 3.63) is 0 Å². The van der Waals surface area contributed by atoms with Crippen molar-refractivity contribution < 1.29 is 0 Å². The Bertz CT molecular complexity index is 465. The minimum atomic E-state index is -1.52. The fraction of sp³-hybridized carbons (Fsp3) is 1.00. The van der Waals surface area contributed by atoms with Crippen molar-refractivity contribution in [2.75, 3.05) is 65.4 Å².